The van der Waals surface area contributed by atoms with Crippen LogP contribution in [0.15, 0.2) is 22.7 Å². The van der Waals surface area contributed by atoms with Gasteiger partial charge in [-0.3, -0.25) is 0 Å². The molecular weight excluding hydrogens is 268 g/mol. The molecule has 0 aliphatic heterocycles. The lowest BCUT2D eigenvalue weighted by Gasteiger charge is -2.14. The molecule has 3 N–H and O–H groups in total. The van der Waals surface area contributed by atoms with Crippen LogP contribution in [-0.4, -0.2) is 17.6 Å². The van der Waals surface area contributed by atoms with Gasteiger partial charge in [-0.25, -0.2) is 8.78 Å². The standard InChI is InChI=1S/C10H10BrF2NO/c11-7-3-6(1-2-8(7)15)9(5-14)4-10(9,12)13/h1-3,15H,4-5,14H2. The third-order valence-electron chi connectivity index (χ3n) is 2.95. The first kappa shape index (κ1) is 10.8. The molecule has 5 heteroatoms. The molecular formula is C10H10BrF2NO. The quantitative estimate of drug-likeness (QED) is 0.872. The molecule has 1 aliphatic carbocycles. The fourth-order valence-corrected chi connectivity index (χ4v) is 2.17. The topological polar surface area (TPSA) is 46.2 Å². The minimum Gasteiger partial charge on any atom is -0.507 e. The number of phenolic OH excluding ortho intramolecular Hbond substituents is 1. The molecule has 0 radical (unpaired) electrons. The second-order valence-electron chi connectivity index (χ2n) is 3.83. The van der Waals surface area contributed by atoms with Crippen molar-refractivity contribution in [3.63, 3.8) is 0 Å². The summed E-state index contributed by atoms with van der Waals surface area (Å²) in [6.45, 7) is -0.0861. The van der Waals surface area contributed by atoms with E-state index in [0.29, 0.717) is 10.0 Å². The lowest BCUT2D eigenvalue weighted by Crippen LogP contribution is -2.26. The molecule has 1 fully saturated rings. The largest absolute Gasteiger partial charge is 0.507 e. The van der Waals surface area contributed by atoms with Crippen molar-refractivity contribution in [2.45, 2.75) is 17.8 Å². The van der Waals surface area contributed by atoms with Gasteiger partial charge in [0.2, 0.25) is 0 Å². The van der Waals surface area contributed by atoms with Crippen LogP contribution in [0.3, 0.4) is 0 Å². The minimum absolute atomic E-state index is 0.0369. The van der Waals surface area contributed by atoms with Gasteiger partial charge in [-0.05, 0) is 33.6 Å². The number of aromatic hydroxyl groups is 1. The van der Waals surface area contributed by atoms with Crippen LogP contribution < -0.4 is 5.73 Å². The predicted molar refractivity (Wildman–Crippen MR) is 56.1 cm³/mol. The first-order valence-corrected chi connectivity index (χ1v) is 5.29. The maximum Gasteiger partial charge on any atom is 0.260 e. The first-order valence-electron chi connectivity index (χ1n) is 4.50. The maximum atomic E-state index is 13.2. The Kier molecular flexibility index (Phi) is 2.28. The molecule has 2 rings (SSSR count). The highest BCUT2D eigenvalue weighted by Gasteiger charge is 2.71. The molecule has 1 unspecified atom stereocenters. The Morgan fingerprint density at radius 1 is 1.47 bits per heavy atom. The first-order chi connectivity index (χ1) is 6.93. The van der Waals surface area contributed by atoms with Crippen LogP contribution in [0.25, 0.3) is 0 Å². The van der Waals surface area contributed by atoms with Crippen LogP contribution in [0.4, 0.5) is 8.78 Å². The van der Waals surface area contributed by atoms with E-state index >= 15 is 0 Å². The second-order valence-corrected chi connectivity index (χ2v) is 4.69. The molecule has 0 spiro atoms. The summed E-state index contributed by atoms with van der Waals surface area (Å²) in [6.07, 6.45) is -0.215. The van der Waals surface area contributed by atoms with Gasteiger partial charge in [-0.2, -0.15) is 0 Å². The Bertz CT molecular complexity index is 410. The van der Waals surface area contributed by atoms with Gasteiger partial charge >= 0.3 is 0 Å². The lowest BCUT2D eigenvalue weighted by molar-refractivity contribution is 0.0896. The molecule has 15 heavy (non-hydrogen) atoms. The van der Waals surface area contributed by atoms with Crippen molar-refractivity contribution >= 4 is 15.9 Å². The zero-order chi connectivity index (χ0) is 11.3. The Balaban J connectivity index is 2.42. The van der Waals surface area contributed by atoms with Crippen LogP contribution in [0.2, 0.25) is 0 Å². The summed E-state index contributed by atoms with van der Waals surface area (Å²) < 4.78 is 26.8. The Morgan fingerprint density at radius 3 is 2.47 bits per heavy atom. The number of rotatable bonds is 2. The number of phenols is 1. The van der Waals surface area contributed by atoms with Gasteiger partial charge in [0.25, 0.3) is 5.92 Å². The fourth-order valence-electron chi connectivity index (χ4n) is 1.79. The summed E-state index contributed by atoms with van der Waals surface area (Å²) in [6, 6.07) is 4.39. The predicted octanol–water partition coefficient (Wildman–Crippen LogP) is 2.39. The number of hydrogen-bond acceptors (Lipinski definition) is 2. The number of benzene rings is 1. The third kappa shape index (κ3) is 1.45. The zero-order valence-corrected chi connectivity index (χ0v) is 9.39. The number of hydrogen-bond donors (Lipinski definition) is 2. The molecule has 2 nitrogen and oxygen atoms in total. The molecule has 0 bridgehead atoms. The average Bonchev–Trinajstić information content (AvgIpc) is 2.75. The fraction of sp³-hybridized carbons (Fsp3) is 0.400. The van der Waals surface area contributed by atoms with E-state index in [1.54, 1.807) is 0 Å². The Hall–Kier alpha value is -0.680. The van der Waals surface area contributed by atoms with Crippen LogP contribution in [0.5, 0.6) is 5.75 Å². The summed E-state index contributed by atoms with van der Waals surface area (Å²) in [5, 5.41) is 9.27. The van der Waals surface area contributed by atoms with Gasteiger partial charge < -0.3 is 10.8 Å². The normalized spacial score (nSPS) is 27.7. The summed E-state index contributed by atoms with van der Waals surface area (Å²) in [5.74, 6) is -2.69. The molecule has 1 saturated carbocycles. The average molecular weight is 278 g/mol. The van der Waals surface area contributed by atoms with Crippen molar-refractivity contribution in [1.82, 2.24) is 0 Å². The summed E-state index contributed by atoms with van der Waals surface area (Å²) in [7, 11) is 0. The van der Waals surface area contributed by atoms with Gasteiger partial charge in [-0.1, -0.05) is 6.07 Å². The molecule has 1 aliphatic rings. The van der Waals surface area contributed by atoms with Gasteiger partial charge in [0, 0.05) is 13.0 Å². The maximum absolute atomic E-state index is 13.2. The highest BCUT2D eigenvalue weighted by atomic mass is 79.9. The molecule has 0 aromatic heterocycles. The van der Waals surface area contributed by atoms with Crippen LogP contribution in [-0.2, 0) is 5.41 Å². The van der Waals surface area contributed by atoms with Gasteiger partial charge in [0.1, 0.15) is 5.75 Å². The Morgan fingerprint density at radius 2 is 2.07 bits per heavy atom. The zero-order valence-electron chi connectivity index (χ0n) is 7.80. The third-order valence-corrected chi connectivity index (χ3v) is 3.58. The molecule has 0 amide bonds. The van der Waals surface area contributed by atoms with E-state index in [1.165, 1.54) is 18.2 Å². The van der Waals surface area contributed by atoms with Crippen LogP contribution in [0, 0.1) is 0 Å². The SMILES string of the molecule is NCC1(c2ccc(O)c(Br)c2)CC1(F)F. The van der Waals surface area contributed by atoms with Crippen molar-refractivity contribution in [3.05, 3.63) is 28.2 Å². The highest BCUT2D eigenvalue weighted by Crippen LogP contribution is 2.61. The lowest BCUT2D eigenvalue weighted by atomic mass is 9.95. The van der Waals surface area contributed by atoms with Gasteiger partial charge in [-0.15, -0.1) is 0 Å². The van der Waals surface area contributed by atoms with E-state index in [0.717, 1.165) is 0 Å². The van der Waals surface area contributed by atoms with Crippen molar-refractivity contribution in [3.8, 4) is 5.75 Å². The Labute approximate surface area is 94.2 Å². The summed E-state index contributed by atoms with van der Waals surface area (Å²) >= 11 is 3.10. The number of alkyl halides is 2. The smallest absolute Gasteiger partial charge is 0.260 e. The monoisotopic (exact) mass is 277 g/mol. The van der Waals surface area contributed by atoms with E-state index < -0.39 is 11.3 Å². The van der Waals surface area contributed by atoms with Crippen molar-refractivity contribution in [2.24, 2.45) is 5.73 Å². The molecule has 1 aromatic carbocycles. The molecule has 0 heterocycles. The van der Waals surface area contributed by atoms with E-state index in [1.807, 2.05) is 0 Å². The van der Waals surface area contributed by atoms with Crippen molar-refractivity contribution in [2.75, 3.05) is 6.54 Å². The minimum atomic E-state index is -2.72. The number of halogens is 3. The van der Waals surface area contributed by atoms with E-state index in [9.17, 15) is 13.9 Å². The summed E-state index contributed by atoms with van der Waals surface area (Å²) in [5.41, 5.74) is 4.65. The highest BCUT2D eigenvalue weighted by molar-refractivity contribution is 9.10. The van der Waals surface area contributed by atoms with E-state index in [-0.39, 0.29) is 18.7 Å². The molecule has 0 saturated heterocycles. The van der Waals surface area contributed by atoms with Crippen LogP contribution in [0.1, 0.15) is 12.0 Å². The van der Waals surface area contributed by atoms with Crippen LogP contribution >= 0.6 is 15.9 Å². The summed E-state index contributed by atoms with van der Waals surface area (Å²) in [4.78, 5) is 0. The van der Waals surface area contributed by atoms with E-state index in [2.05, 4.69) is 15.9 Å². The number of nitrogens with two attached hydrogens (primary N) is 1. The molecule has 82 valence electrons. The van der Waals surface area contributed by atoms with Gasteiger partial charge in [0.05, 0.1) is 9.89 Å². The van der Waals surface area contributed by atoms with Crippen molar-refractivity contribution < 1.29 is 13.9 Å². The molecule has 1 aromatic rings. The van der Waals surface area contributed by atoms with E-state index in [4.69, 9.17) is 5.73 Å². The molecule has 1 atom stereocenters. The van der Waals surface area contributed by atoms with Crippen molar-refractivity contribution in [1.29, 1.82) is 0 Å². The second kappa shape index (κ2) is 3.15. The van der Waals surface area contributed by atoms with Gasteiger partial charge in [0.15, 0.2) is 0 Å².